The summed E-state index contributed by atoms with van der Waals surface area (Å²) in [5.41, 5.74) is -0.144. The minimum Gasteiger partial charge on any atom is -0.399 e. The molecule has 0 saturated carbocycles. The number of hydrogen-bond donors (Lipinski definition) is 0. The van der Waals surface area contributed by atoms with Crippen LogP contribution in [0.2, 0.25) is 0 Å². The average molecular weight is 186 g/mol. The molecule has 5 heteroatoms. The lowest BCUT2D eigenvalue weighted by Crippen LogP contribution is -2.12. The van der Waals surface area contributed by atoms with E-state index in [0.29, 0.717) is 0 Å². The Hall–Kier alpha value is -1.52. The van der Waals surface area contributed by atoms with Crippen LogP contribution in [-0.4, -0.2) is 24.2 Å². The minimum atomic E-state index is -2.66. The largest absolute Gasteiger partial charge is 0.399 e. The van der Waals surface area contributed by atoms with Crippen LogP contribution in [0.5, 0.6) is 0 Å². The van der Waals surface area contributed by atoms with Gasteiger partial charge in [-0.05, 0) is 12.1 Å². The van der Waals surface area contributed by atoms with Crippen molar-refractivity contribution in [1.29, 1.82) is 0 Å². The predicted octanol–water partition coefficient (Wildman–Crippen LogP) is 1.70. The summed E-state index contributed by atoms with van der Waals surface area (Å²) in [6.45, 7) is 0. The molecular weight excluding hydrogens is 178 g/mol. The van der Waals surface area contributed by atoms with Gasteiger partial charge in [0.05, 0.1) is 0 Å². The fourth-order valence-electron chi connectivity index (χ4n) is 0.831. The number of hydrogen-bond acceptors (Lipinski definition) is 3. The topological polar surface area (TPSA) is 34.5 Å². The molecule has 1 aromatic heterocycles. The van der Waals surface area contributed by atoms with Gasteiger partial charge in [0.15, 0.2) is 5.71 Å². The summed E-state index contributed by atoms with van der Waals surface area (Å²) in [7, 11) is 1.22. The maximum absolute atomic E-state index is 12.3. The Morgan fingerprint density at radius 1 is 1.62 bits per heavy atom. The Morgan fingerprint density at radius 2 is 2.38 bits per heavy atom. The molecule has 0 fully saturated rings. The molecule has 13 heavy (non-hydrogen) atoms. The molecule has 1 aromatic rings. The van der Waals surface area contributed by atoms with Crippen molar-refractivity contribution >= 4 is 5.71 Å². The van der Waals surface area contributed by atoms with Gasteiger partial charge in [-0.25, -0.2) is 8.78 Å². The third-order valence-electron chi connectivity index (χ3n) is 1.35. The Labute approximate surface area is 74.0 Å². The second kappa shape index (κ2) is 4.49. The molecule has 70 valence electrons. The second-order valence-corrected chi connectivity index (χ2v) is 2.20. The van der Waals surface area contributed by atoms with Gasteiger partial charge in [0.25, 0.3) is 6.43 Å². The molecule has 0 amide bonds. The van der Waals surface area contributed by atoms with Crippen LogP contribution in [0.25, 0.3) is 0 Å². The zero-order valence-corrected chi connectivity index (χ0v) is 6.95. The molecule has 0 atom stereocenters. The highest BCUT2D eigenvalue weighted by Crippen LogP contribution is 2.07. The van der Waals surface area contributed by atoms with Crippen molar-refractivity contribution < 1.29 is 13.6 Å². The van der Waals surface area contributed by atoms with E-state index < -0.39 is 12.1 Å². The maximum atomic E-state index is 12.3. The number of halogens is 2. The van der Waals surface area contributed by atoms with Gasteiger partial charge in [-0.2, -0.15) is 0 Å². The number of alkyl halides is 2. The molecule has 1 rings (SSSR count). The molecule has 0 N–H and O–H groups in total. The highest BCUT2D eigenvalue weighted by Gasteiger charge is 2.16. The number of rotatable bonds is 3. The third-order valence-corrected chi connectivity index (χ3v) is 1.35. The first-order chi connectivity index (χ1) is 6.25. The molecule has 0 unspecified atom stereocenters. The van der Waals surface area contributed by atoms with Crippen LogP contribution in [0.1, 0.15) is 5.56 Å². The van der Waals surface area contributed by atoms with E-state index >= 15 is 0 Å². The van der Waals surface area contributed by atoms with Gasteiger partial charge in [0, 0.05) is 18.0 Å². The van der Waals surface area contributed by atoms with E-state index in [1.807, 2.05) is 0 Å². The molecule has 0 aliphatic carbocycles. The van der Waals surface area contributed by atoms with Crippen molar-refractivity contribution in [2.24, 2.45) is 5.16 Å². The monoisotopic (exact) mass is 186 g/mol. The summed E-state index contributed by atoms with van der Waals surface area (Å²) in [5.74, 6) is 0. The standard InChI is InChI=1S/C8H8F2N2O/c1-13-12-7(8(9)10)6-3-2-4-11-5-6/h2-5,8H,1H3/b12-7-. The van der Waals surface area contributed by atoms with Crippen molar-refractivity contribution in [2.75, 3.05) is 7.11 Å². The van der Waals surface area contributed by atoms with Gasteiger partial charge < -0.3 is 4.84 Å². The quantitative estimate of drug-likeness (QED) is 0.531. The normalized spacial score (nSPS) is 11.8. The summed E-state index contributed by atoms with van der Waals surface area (Å²) in [6.07, 6.45) is 0.146. The van der Waals surface area contributed by atoms with Crippen molar-refractivity contribution in [3.63, 3.8) is 0 Å². The minimum absolute atomic E-state index is 0.263. The van der Waals surface area contributed by atoms with Crippen LogP contribution in [0.4, 0.5) is 8.78 Å². The first-order valence-corrected chi connectivity index (χ1v) is 3.55. The Morgan fingerprint density at radius 3 is 2.85 bits per heavy atom. The number of pyridine rings is 1. The molecular formula is C8H8F2N2O. The Balaban J connectivity index is 2.96. The Kier molecular flexibility index (Phi) is 3.31. The molecule has 1 heterocycles. The van der Waals surface area contributed by atoms with Crippen LogP contribution in [-0.2, 0) is 4.84 Å². The van der Waals surface area contributed by atoms with Crippen molar-refractivity contribution in [2.45, 2.75) is 6.43 Å². The van der Waals surface area contributed by atoms with Crippen LogP contribution < -0.4 is 0 Å². The lowest BCUT2D eigenvalue weighted by Gasteiger charge is -2.02. The molecule has 0 aliphatic heterocycles. The van der Waals surface area contributed by atoms with Gasteiger partial charge in [-0.15, -0.1) is 0 Å². The van der Waals surface area contributed by atoms with Crippen molar-refractivity contribution in [3.05, 3.63) is 30.1 Å². The van der Waals surface area contributed by atoms with Crippen LogP contribution in [0.3, 0.4) is 0 Å². The summed E-state index contributed by atoms with van der Waals surface area (Å²) in [5, 5.41) is 3.22. The predicted molar refractivity (Wildman–Crippen MR) is 43.8 cm³/mol. The van der Waals surface area contributed by atoms with Crippen LogP contribution in [0.15, 0.2) is 29.7 Å². The third kappa shape index (κ3) is 2.47. The first kappa shape index (κ1) is 9.57. The van der Waals surface area contributed by atoms with Crippen molar-refractivity contribution in [3.8, 4) is 0 Å². The number of aromatic nitrogens is 1. The van der Waals surface area contributed by atoms with E-state index in [2.05, 4.69) is 15.0 Å². The van der Waals surface area contributed by atoms with Gasteiger partial charge in [-0.3, -0.25) is 4.98 Å². The lowest BCUT2D eigenvalue weighted by molar-refractivity contribution is 0.187. The number of nitrogens with zero attached hydrogens (tertiary/aromatic N) is 2. The molecule has 0 aliphatic rings. The van der Waals surface area contributed by atoms with E-state index in [4.69, 9.17) is 0 Å². The fraction of sp³-hybridized carbons (Fsp3) is 0.250. The maximum Gasteiger partial charge on any atom is 0.284 e. The summed E-state index contributed by atoms with van der Waals surface area (Å²) < 4.78 is 24.7. The zero-order chi connectivity index (χ0) is 9.68. The van der Waals surface area contributed by atoms with Gasteiger partial charge in [-0.1, -0.05) is 5.16 Å². The molecule has 0 spiro atoms. The SMILES string of the molecule is CO/N=C(/c1cccnc1)C(F)F. The molecule has 0 radical (unpaired) electrons. The summed E-state index contributed by atoms with van der Waals surface area (Å²) >= 11 is 0. The van der Waals surface area contributed by atoms with E-state index in [9.17, 15) is 8.78 Å². The van der Waals surface area contributed by atoms with Gasteiger partial charge >= 0.3 is 0 Å². The van der Waals surface area contributed by atoms with Crippen LogP contribution in [0, 0.1) is 0 Å². The average Bonchev–Trinajstić information content (AvgIpc) is 2.15. The van der Waals surface area contributed by atoms with Crippen LogP contribution >= 0.6 is 0 Å². The van der Waals surface area contributed by atoms with Crippen molar-refractivity contribution in [1.82, 2.24) is 4.98 Å². The highest BCUT2D eigenvalue weighted by molar-refractivity contribution is 6.02. The van der Waals surface area contributed by atoms with Gasteiger partial charge in [0.1, 0.15) is 7.11 Å². The summed E-state index contributed by atoms with van der Waals surface area (Å²) in [6, 6.07) is 3.06. The van der Waals surface area contributed by atoms with E-state index in [1.165, 1.54) is 25.6 Å². The Bertz CT molecular complexity index is 287. The lowest BCUT2D eigenvalue weighted by atomic mass is 10.2. The van der Waals surface area contributed by atoms with E-state index in [0.717, 1.165) is 0 Å². The molecule has 0 aromatic carbocycles. The zero-order valence-electron chi connectivity index (χ0n) is 6.95. The summed E-state index contributed by atoms with van der Waals surface area (Å²) in [4.78, 5) is 8.00. The second-order valence-electron chi connectivity index (χ2n) is 2.20. The molecule has 3 nitrogen and oxygen atoms in total. The fourth-order valence-corrected chi connectivity index (χ4v) is 0.831. The molecule has 0 saturated heterocycles. The smallest absolute Gasteiger partial charge is 0.284 e. The van der Waals surface area contributed by atoms with Gasteiger partial charge in [0.2, 0.25) is 0 Å². The highest BCUT2D eigenvalue weighted by atomic mass is 19.3. The number of oxime groups is 1. The molecule has 0 bridgehead atoms. The first-order valence-electron chi connectivity index (χ1n) is 3.55. The van der Waals surface area contributed by atoms with E-state index in [1.54, 1.807) is 6.07 Å². The van der Waals surface area contributed by atoms with E-state index in [-0.39, 0.29) is 5.56 Å².